The zero-order chi connectivity index (χ0) is 18.2. The molecular formula is C19H28N2O4. The molecule has 0 aromatic heterocycles. The normalized spacial score (nSPS) is 17.0. The van der Waals surface area contributed by atoms with Crippen molar-refractivity contribution in [1.82, 2.24) is 9.80 Å². The average Bonchev–Trinajstić information content (AvgIpc) is 2.86. The molecule has 1 amide bonds. The van der Waals surface area contributed by atoms with E-state index in [0.29, 0.717) is 38.9 Å². The maximum Gasteiger partial charge on any atom is 0.320 e. The van der Waals surface area contributed by atoms with Gasteiger partial charge in [0.1, 0.15) is 11.8 Å². The van der Waals surface area contributed by atoms with Crippen LogP contribution in [0.25, 0.3) is 0 Å². The average molecular weight is 348 g/mol. The third kappa shape index (κ3) is 5.46. The maximum atomic E-state index is 12.5. The number of carbonyl (C=O) groups is 2. The van der Waals surface area contributed by atoms with E-state index in [1.807, 2.05) is 41.0 Å². The molecule has 1 aromatic carbocycles. The molecule has 1 unspecified atom stereocenters. The number of aryl methyl sites for hydroxylation is 1. The first-order valence-corrected chi connectivity index (χ1v) is 8.92. The lowest BCUT2D eigenvalue weighted by Crippen LogP contribution is -2.43. The summed E-state index contributed by atoms with van der Waals surface area (Å²) in [4.78, 5) is 27.7. The monoisotopic (exact) mass is 348 g/mol. The van der Waals surface area contributed by atoms with Crippen LogP contribution in [0.5, 0.6) is 5.75 Å². The van der Waals surface area contributed by atoms with Crippen molar-refractivity contribution in [2.45, 2.75) is 38.6 Å². The number of carbonyl (C=O) groups excluding carboxylic acids is 1. The molecule has 25 heavy (non-hydrogen) atoms. The van der Waals surface area contributed by atoms with E-state index in [0.717, 1.165) is 24.3 Å². The van der Waals surface area contributed by atoms with E-state index >= 15 is 0 Å². The number of hydrogen-bond acceptors (Lipinski definition) is 4. The lowest BCUT2D eigenvalue weighted by Gasteiger charge is -2.26. The molecule has 6 nitrogen and oxygen atoms in total. The Balaban J connectivity index is 1.84. The number of nitrogens with zero attached hydrogens (tertiary/aromatic N) is 2. The first-order chi connectivity index (χ1) is 12.0. The van der Waals surface area contributed by atoms with Gasteiger partial charge in [-0.05, 0) is 37.0 Å². The molecule has 1 aliphatic heterocycles. The van der Waals surface area contributed by atoms with Gasteiger partial charge in [-0.15, -0.1) is 0 Å². The van der Waals surface area contributed by atoms with Crippen LogP contribution in [-0.4, -0.2) is 66.1 Å². The SMILES string of the molecule is CCC(C(=O)O)N1CCCN(C(=O)CCc2ccc(OC)cc2)CC1. The van der Waals surface area contributed by atoms with Gasteiger partial charge in [0.25, 0.3) is 0 Å². The number of benzene rings is 1. The highest BCUT2D eigenvalue weighted by molar-refractivity contribution is 5.76. The standard InChI is InChI=1S/C19H28N2O4/c1-3-17(19(23)24)20-11-4-12-21(14-13-20)18(22)10-7-15-5-8-16(25-2)9-6-15/h5-6,8-9,17H,3-4,7,10-14H2,1-2H3,(H,23,24). The van der Waals surface area contributed by atoms with Gasteiger partial charge >= 0.3 is 5.97 Å². The molecule has 0 radical (unpaired) electrons. The number of hydrogen-bond donors (Lipinski definition) is 1. The van der Waals surface area contributed by atoms with Gasteiger partial charge in [-0.25, -0.2) is 0 Å². The predicted octanol–water partition coefficient (Wildman–Crippen LogP) is 2.03. The highest BCUT2D eigenvalue weighted by atomic mass is 16.5. The summed E-state index contributed by atoms with van der Waals surface area (Å²) in [7, 11) is 1.63. The van der Waals surface area contributed by atoms with Gasteiger partial charge in [0.2, 0.25) is 5.91 Å². The van der Waals surface area contributed by atoms with Crippen LogP contribution < -0.4 is 4.74 Å². The predicted molar refractivity (Wildman–Crippen MR) is 95.8 cm³/mol. The Labute approximate surface area is 149 Å². The highest BCUT2D eigenvalue weighted by Crippen LogP contribution is 2.14. The van der Waals surface area contributed by atoms with E-state index in [2.05, 4.69) is 0 Å². The van der Waals surface area contributed by atoms with Gasteiger partial charge in [-0.3, -0.25) is 14.5 Å². The smallest absolute Gasteiger partial charge is 0.320 e. The molecule has 1 aromatic rings. The van der Waals surface area contributed by atoms with E-state index in [1.165, 1.54) is 0 Å². The molecule has 2 rings (SSSR count). The molecule has 1 heterocycles. The van der Waals surface area contributed by atoms with Crippen molar-refractivity contribution in [2.75, 3.05) is 33.3 Å². The molecule has 1 atom stereocenters. The third-order valence-corrected chi connectivity index (χ3v) is 4.78. The van der Waals surface area contributed by atoms with E-state index in [9.17, 15) is 14.7 Å². The van der Waals surface area contributed by atoms with Crippen LogP contribution in [0.3, 0.4) is 0 Å². The Morgan fingerprint density at radius 3 is 2.48 bits per heavy atom. The van der Waals surface area contributed by atoms with Crippen LogP contribution in [0.15, 0.2) is 24.3 Å². The summed E-state index contributed by atoms with van der Waals surface area (Å²) >= 11 is 0. The van der Waals surface area contributed by atoms with Gasteiger partial charge in [0.15, 0.2) is 0 Å². The van der Waals surface area contributed by atoms with E-state index < -0.39 is 12.0 Å². The minimum absolute atomic E-state index is 0.140. The second kappa shape index (κ2) is 9.42. The summed E-state index contributed by atoms with van der Waals surface area (Å²) in [5.41, 5.74) is 1.11. The lowest BCUT2D eigenvalue weighted by atomic mass is 10.1. The van der Waals surface area contributed by atoms with Crippen molar-refractivity contribution in [3.8, 4) is 5.75 Å². The van der Waals surface area contributed by atoms with E-state index in [4.69, 9.17) is 4.74 Å². The highest BCUT2D eigenvalue weighted by Gasteiger charge is 2.27. The fourth-order valence-corrected chi connectivity index (χ4v) is 3.29. The second-order valence-corrected chi connectivity index (χ2v) is 6.38. The summed E-state index contributed by atoms with van der Waals surface area (Å²) in [5, 5.41) is 9.31. The quantitative estimate of drug-likeness (QED) is 0.816. The van der Waals surface area contributed by atoms with Crippen molar-refractivity contribution in [3.63, 3.8) is 0 Å². The van der Waals surface area contributed by atoms with Crippen LogP contribution in [0.1, 0.15) is 31.7 Å². The summed E-state index contributed by atoms with van der Waals surface area (Å²) < 4.78 is 5.14. The summed E-state index contributed by atoms with van der Waals surface area (Å²) in [6.45, 7) is 4.55. The van der Waals surface area contributed by atoms with Crippen molar-refractivity contribution in [2.24, 2.45) is 0 Å². The Bertz CT molecular complexity index is 573. The van der Waals surface area contributed by atoms with Crippen LogP contribution in [-0.2, 0) is 16.0 Å². The van der Waals surface area contributed by atoms with Crippen molar-refractivity contribution in [1.29, 1.82) is 0 Å². The van der Waals surface area contributed by atoms with Crippen LogP contribution in [0.2, 0.25) is 0 Å². The Morgan fingerprint density at radius 1 is 1.16 bits per heavy atom. The first kappa shape index (κ1) is 19.2. The van der Waals surface area contributed by atoms with Crippen LogP contribution in [0.4, 0.5) is 0 Å². The number of ether oxygens (including phenoxy) is 1. The molecular weight excluding hydrogens is 320 g/mol. The summed E-state index contributed by atoms with van der Waals surface area (Å²) in [5.74, 6) is 0.175. The summed E-state index contributed by atoms with van der Waals surface area (Å²) in [6.07, 6.45) is 2.58. The van der Waals surface area contributed by atoms with E-state index in [1.54, 1.807) is 7.11 Å². The maximum absolute atomic E-state index is 12.5. The zero-order valence-electron chi connectivity index (χ0n) is 15.1. The zero-order valence-corrected chi connectivity index (χ0v) is 15.1. The largest absolute Gasteiger partial charge is 0.497 e. The topological polar surface area (TPSA) is 70.1 Å². The third-order valence-electron chi connectivity index (χ3n) is 4.78. The molecule has 0 aliphatic carbocycles. The van der Waals surface area contributed by atoms with Gasteiger partial charge in [0.05, 0.1) is 7.11 Å². The Morgan fingerprint density at radius 2 is 1.88 bits per heavy atom. The number of rotatable bonds is 7. The van der Waals surface area contributed by atoms with Crippen molar-refractivity contribution >= 4 is 11.9 Å². The van der Waals surface area contributed by atoms with Crippen LogP contribution in [0, 0.1) is 0 Å². The minimum atomic E-state index is -0.776. The lowest BCUT2D eigenvalue weighted by molar-refractivity contribution is -0.143. The molecule has 0 spiro atoms. The molecule has 0 bridgehead atoms. The molecule has 6 heteroatoms. The Hall–Kier alpha value is -2.08. The molecule has 1 aliphatic rings. The van der Waals surface area contributed by atoms with Crippen LogP contribution >= 0.6 is 0 Å². The van der Waals surface area contributed by atoms with Gasteiger partial charge < -0.3 is 14.7 Å². The van der Waals surface area contributed by atoms with Gasteiger partial charge in [0, 0.05) is 32.6 Å². The summed E-state index contributed by atoms with van der Waals surface area (Å²) in [6, 6.07) is 7.32. The van der Waals surface area contributed by atoms with E-state index in [-0.39, 0.29) is 5.91 Å². The molecule has 1 fully saturated rings. The number of carboxylic acids is 1. The fourth-order valence-electron chi connectivity index (χ4n) is 3.29. The molecule has 1 N–H and O–H groups in total. The number of aliphatic carboxylic acids is 1. The molecule has 1 saturated heterocycles. The molecule has 0 saturated carbocycles. The Kier molecular flexibility index (Phi) is 7.25. The van der Waals surface area contributed by atoms with Crippen molar-refractivity contribution in [3.05, 3.63) is 29.8 Å². The number of carboxylic acid groups (broad SMARTS) is 1. The first-order valence-electron chi connectivity index (χ1n) is 8.92. The van der Waals surface area contributed by atoms with Gasteiger partial charge in [-0.2, -0.15) is 0 Å². The fraction of sp³-hybridized carbons (Fsp3) is 0.579. The minimum Gasteiger partial charge on any atom is -0.497 e. The number of amides is 1. The molecule has 138 valence electrons. The van der Waals surface area contributed by atoms with Crippen molar-refractivity contribution < 1.29 is 19.4 Å². The van der Waals surface area contributed by atoms with Gasteiger partial charge in [-0.1, -0.05) is 19.1 Å². The number of methoxy groups -OCH3 is 1. The second-order valence-electron chi connectivity index (χ2n) is 6.38.